The molecule has 2 aromatic rings. The summed E-state index contributed by atoms with van der Waals surface area (Å²) in [4.78, 5) is 16.3. The minimum absolute atomic E-state index is 0.0196. The predicted octanol–water partition coefficient (Wildman–Crippen LogP) is 3.85. The number of carbonyl (C=O) groups is 1. The van der Waals surface area contributed by atoms with Gasteiger partial charge in [0.15, 0.2) is 11.0 Å². The Bertz CT molecular complexity index is 732. The molecule has 0 aliphatic heterocycles. The van der Waals surface area contributed by atoms with Gasteiger partial charge in [-0.1, -0.05) is 31.0 Å². The fourth-order valence-electron chi connectivity index (χ4n) is 3.33. The second-order valence-corrected chi connectivity index (χ2v) is 8.73. The number of nitrogens with zero attached hydrogens (tertiary/aromatic N) is 4. The van der Waals surface area contributed by atoms with Crippen LogP contribution in [0.4, 0.5) is 0 Å². The molecule has 0 aromatic carbocycles. The molecule has 0 saturated heterocycles. The van der Waals surface area contributed by atoms with E-state index >= 15 is 0 Å². The molecule has 0 radical (unpaired) electrons. The van der Waals surface area contributed by atoms with E-state index in [1.165, 1.54) is 31.0 Å². The van der Waals surface area contributed by atoms with Crippen molar-refractivity contribution in [3.63, 3.8) is 0 Å². The van der Waals surface area contributed by atoms with Crippen LogP contribution >= 0.6 is 11.8 Å². The van der Waals surface area contributed by atoms with E-state index in [0.29, 0.717) is 11.8 Å². The van der Waals surface area contributed by atoms with Crippen molar-refractivity contribution in [1.82, 2.24) is 25.1 Å². The normalized spacial score (nSPS) is 15.8. The zero-order valence-corrected chi connectivity index (χ0v) is 16.6. The third kappa shape index (κ3) is 4.84. The smallest absolute Gasteiger partial charge is 0.230 e. The Morgan fingerprint density at radius 2 is 1.88 bits per heavy atom. The molecule has 1 amide bonds. The zero-order chi connectivity index (χ0) is 18.6. The molecule has 0 unspecified atom stereocenters. The first-order chi connectivity index (χ1) is 12.4. The number of pyridine rings is 1. The molecule has 0 bridgehead atoms. The first-order valence-corrected chi connectivity index (χ1v) is 10.2. The van der Waals surface area contributed by atoms with E-state index in [0.717, 1.165) is 29.4 Å². The lowest BCUT2D eigenvalue weighted by Crippen LogP contribution is -2.41. The van der Waals surface area contributed by atoms with Crippen molar-refractivity contribution in [3.05, 3.63) is 24.5 Å². The molecule has 0 atom stereocenters. The van der Waals surface area contributed by atoms with Crippen molar-refractivity contribution in [1.29, 1.82) is 0 Å². The number of hydrogen-bond donors (Lipinski definition) is 1. The minimum Gasteiger partial charge on any atom is -0.351 e. The summed E-state index contributed by atoms with van der Waals surface area (Å²) in [5, 5.41) is 12.7. The number of rotatable bonds is 5. The Labute approximate surface area is 159 Å². The van der Waals surface area contributed by atoms with Crippen LogP contribution in [0.1, 0.15) is 58.9 Å². The SMILES string of the molecule is CC(C)(C)NC(=O)CSc1nnc(-c2ccncc2)n1C1CCCCC1. The maximum Gasteiger partial charge on any atom is 0.230 e. The number of hydrogen-bond acceptors (Lipinski definition) is 5. The van der Waals surface area contributed by atoms with E-state index in [1.807, 2.05) is 32.9 Å². The first-order valence-electron chi connectivity index (χ1n) is 9.23. The first kappa shape index (κ1) is 18.9. The Hall–Kier alpha value is -1.89. The highest BCUT2D eigenvalue weighted by molar-refractivity contribution is 7.99. The third-order valence-corrected chi connectivity index (χ3v) is 5.33. The minimum atomic E-state index is -0.225. The number of nitrogens with one attached hydrogen (secondary N) is 1. The van der Waals surface area contributed by atoms with Crippen LogP contribution in [0.2, 0.25) is 0 Å². The van der Waals surface area contributed by atoms with Crippen LogP contribution in [-0.4, -0.2) is 36.9 Å². The van der Waals surface area contributed by atoms with Gasteiger partial charge in [0.05, 0.1) is 5.75 Å². The fraction of sp³-hybridized carbons (Fsp3) is 0.579. The van der Waals surface area contributed by atoms with Gasteiger partial charge in [-0.3, -0.25) is 14.3 Å². The molecule has 2 heterocycles. The molecule has 1 N–H and O–H groups in total. The Balaban J connectivity index is 1.83. The molecule has 1 aliphatic rings. The molecular weight excluding hydrogens is 346 g/mol. The lowest BCUT2D eigenvalue weighted by molar-refractivity contribution is -0.119. The number of thioether (sulfide) groups is 1. The third-order valence-electron chi connectivity index (χ3n) is 4.39. The summed E-state index contributed by atoms with van der Waals surface area (Å²) in [6.07, 6.45) is 9.58. The van der Waals surface area contributed by atoms with E-state index in [4.69, 9.17) is 0 Å². The van der Waals surface area contributed by atoms with Crippen molar-refractivity contribution in [2.45, 2.75) is 69.6 Å². The van der Waals surface area contributed by atoms with Crippen LogP contribution in [0, 0.1) is 0 Å². The van der Waals surface area contributed by atoms with Gasteiger partial charge >= 0.3 is 0 Å². The summed E-state index contributed by atoms with van der Waals surface area (Å²) in [5.41, 5.74) is 0.792. The molecule has 0 spiro atoms. The van der Waals surface area contributed by atoms with Gasteiger partial charge in [0, 0.05) is 29.5 Å². The van der Waals surface area contributed by atoms with Crippen molar-refractivity contribution in [2.24, 2.45) is 0 Å². The molecule has 1 saturated carbocycles. The largest absolute Gasteiger partial charge is 0.351 e. The van der Waals surface area contributed by atoms with Gasteiger partial charge in [-0.2, -0.15) is 0 Å². The van der Waals surface area contributed by atoms with E-state index in [9.17, 15) is 4.79 Å². The summed E-state index contributed by atoms with van der Waals surface area (Å²) in [5.74, 6) is 1.24. The highest BCUT2D eigenvalue weighted by Gasteiger charge is 2.24. The topological polar surface area (TPSA) is 72.7 Å². The maximum absolute atomic E-state index is 12.2. The summed E-state index contributed by atoms with van der Waals surface area (Å²) in [6.45, 7) is 5.96. The van der Waals surface area contributed by atoms with Crippen molar-refractivity contribution < 1.29 is 4.79 Å². The average molecular weight is 374 g/mol. The molecule has 1 aliphatic carbocycles. The Morgan fingerprint density at radius 1 is 1.19 bits per heavy atom. The van der Waals surface area contributed by atoms with Crippen LogP contribution in [0.3, 0.4) is 0 Å². The number of carbonyl (C=O) groups excluding carboxylic acids is 1. The van der Waals surface area contributed by atoms with E-state index in [2.05, 4.69) is 25.1 Å². The van der Waals surface area contributed by atoms with Crippen molar-refractivity contribution in [3.8, 4) is 11.4 Å². The highest BCUT2D eigenvalue weighted by Crippen LogP contribution is 2.35. The molecule has 7 heteroatoms. The van der Waals surface area contributed by atoms with Crippen LogP contribution in [0.5, 0.6) is 0 Å². The summed E-state index contributed by atoms with van der Waals surface area (Å²) >= 11 is 1.47. The summed E-state index contributed by atoms with van der Waals surface area (Å²) in [6, 6.07) is 4.32. The summed E-state index contributed by atoms with van der Waals surface area (Å²) in [7, 11) is 0. The van der Waals surface area contributed by atoms with Crippen LogP contribution < -0.4 is 5.32 Å². The molecule has 140 valence electrons. The standard InChI is InChI=1S/C19H27N5OS/c1-19(2,3)21-16(25)13-26-18-23-22-17(14-9-11-20-12-10-14)24(18)15-7-5-4-6-8-15/h9-12,15H,4-8,13H2,1-3H3,(H,21,25). The zero-order valence-electron chi connectivity index (χ0n) is 15.7. The molecule has 6 nitrogen and oxygen atoms in total. The van der Waals surface area contributed by atoms with Crippen LogP contribution in [0.15, 0.2) is 29.7 Å². The molecule has 2 aromatic heterocycles. The molecular formula is C19H27N5OS. The van der Waals surface area contributed by atoms with Gasteiger partial charge in [0.2, 0.25) is 5.91 Å². The van der Waals surface area contributed by atoms with E-state index in [1.54, 1.807) is 12.4 Å². The van der Waals surface area contributed by atoms with Gasteiger partial charge in [0.1, 0.15) is 0 Å². The predicted molar refractivity (Wildman–Crippen MR) is 104 cm³/mol. The second kappa shape index (κ2) is 8.20. The van der Waals surface area contributed by atoms with Crippen molar-refractivity contribution >= 4 is 17.7 Å². The molecule has 3 rings (SSSR count). The number of amides is 1. The lowest BCUT2D eigenvalue weighted by atomic mass is 9.95. The monoisotopic (exact) mass is 373 g/mol. The molecule has 1 fully saturated rings. The maximum atomic E-state index is 12.2. The van der Waals surface area contributed by atoms with Gasteiger partial charge in [-0.05, 0) is 45.7 Å². The Morgan fingerprint density at radius 3 is 2.54 bits per heavy atom. The second-order valence-electron chi connectivity index (χ2n) is 7.79. The average Bonchev–Trinajstić information content (AvgIpc) is 3.04. The van der Waals surface area contributed by atoms with Gasteiger partial charge < -0.3 is 5.32 Å². The van der Waals surface area contributed by atoms with Crippen molar-refractivity contribution in [2.75, 3.05) is 5.75 Å². The molecule has 26 heavy (non-hydrogen) atoms. The van der Waals surface area contributed by atoms with E-state index in [-0.39, 0.29) is 11.4 Å². The fourth-order valence-corrected chi connectivity index (χ4v) is 4.13. The van der Waals surface area contributed by atoms with E-state index < -0.39 is 0 Å². The Kier molecular flexibility index (Phi) is 5.96. The van der Waals surface area contributed by atoms with Crippen LogP contribution in [-0.2, 0) is 4.79 Å². The lowest BCUT2D eigenvalue weighted by Gasteiger charge is -2.25. The number of aromatic nitrogens is 4. The highest BCUT2D eigenvalue weighted by atomic mass is 32.2. The van der Waals surface area contributed by atoms with Gasteiger partial charge in [0.25, 0.3) is 0 Å². The van der Waals surface area contributed by atoms with Crippen LogP contribution in [0.25, 0.3) is 11.4 Å². The summed E-state index contributed by atoms with van der Waals surface area (Å²) < 4.78 is 2.24. The quantitative estimate of drug-likeness (QED) is 0.806. The van der Waals surface area contributed by atoms with Gasteiger partial charge in [-0.15, -0.1) is 10.2 Å². The van der Waals surface area contributed by atoms with Gasteiger partial charge in [-0.25, -0.2) is 0 Å².